The molecule has 6 nitrogen and oxygen atoms in total. The zero-order valence-corrected chi connectivity index (χ0v) is 17.5. The lowest BCUT2D eigenvalue weighted by Crippen LogP contribution is -2.44. The molecule has 28 heavy (non-hydrogen) atoms. The number of hydrazine groups is 1. The highest BCUT2D eigenvalue weighted by Crippen LogP contribution is 2.28. The highest BCUT2D eigenvalue weighted by molar-refractivity contribution is 8.00. The van der Waals surface area contributed by atoms with Gasteiger partial charge in [0.15, 0.2) is 11.5 Å². The number of methoxy groups -OCH3 is 1. The van der Waals surface area contributed by atoms with Crippen molar-refractivity contribution >= 4 is 35.2 Å². The molecule has 0 aromatic heterocycles. The molecule has 0 aliphatic heterocycles. The summed E-state index contributed by atoms with van der Waals surface area (Å²) in [6, 6.07) is 12.0. The number of nitrogens with one attached hydrogen (secondary N) is 2. The molecular weight excluding hydrogens is 400 g/mol. The SMILES string of the molecule is CCCOc1ccc(C(=O)NNC(=O)C(C)Sc2ccc(Cl)cc2)cc1OC. The van der Waals surface area contributed by atoms with Gasteiger partial charge in [-0.1, -0.05) is 18.5 Å². The minimum absolute atomic E-state index is 0.317. The van der Waals surface area contributed by atoms with Crippen LogP contribution >= 0.6 is 23.4 Å². The standard InChI is InChI=1S/C20H23ClN2O4S/c1-4-11-27-17-10-5-14(12-18(17)26-3)20(25)23-22-19(24)13(2)28-16-8-6-15(21)7-9-16/h5-10,12-13H,4,11H2,1-3H3,(H,22,24)(H,23,25). The number of hydrogen-bond donors (Lipinski definition) is 2. The second-order valence-electron chi connectivity index (χ2n) is 5.87. The molecule has 0 fully saturated rings. The van der Waals surface area contributed by atoms with Gasteiger partial charge in [-0.15, -0.1) is 11.8 Å². The van der Waals surface area contributed by atoms with Crippen LogP contribution in [0.1, 0.15) is 30.6 Å². The molecule has 2 rings (SSSR count). The summed E-state index contributed by atoms with van der Waals surface area (Å²) in [6.07, 6.45) is 0.865. The minimum atomic E-state index is -0.447. The lowest BCUT2D eigenvalue weighted by atomic mass is 10.2. The van der Waals surface area contributed by atoms with E-state index >= 15 is 0 Å². The van der Waals surface area contributed by atoms with Crippen LogP contribution < -0.4 is 20.3 Å². The van der Waals surface area contributed by atoms with Crippen LogP contribution in [0.15, 0.2) is 47.4 Å². The van der Waals surface area contributed by atoms with E-state index in [9.17, 15) is 9.59 Å². The highest BCUT2D eigenvalue weighted by atomic mass is 35.5. The van der Waals surface area contributed by atoms with E-state index in [1.807, 2.05) is 19.1 Å². The summed E-state index contributed by atoms with van der Waals surface area (Å²) in [7, 11) is 1.51. The lowest BCUT2D eigenvalue weighted by molar-refractivity contribution is -0.121. The summed E-state index contributed by atoms with van der Waals surface area (Å²) in [5.74, 6) is 0.262. The van der Waals surface area contributed by atoms with Crippen molar-refractivity contribution in [3.63, 3.8) is 0 Å². The van der Waals surface area contributed by atoms with E-state index in [4.69, 9.17) is 21.1 Å². The molecule has 0 aliphatic carbocycles. The van der Waals surface area contributed by atoms with Gasteiger partial charge in [-0.05, 0) is 55.8 Å². The fourth-order valence-corrected chi connectivity index (χ4v) is 3.20. The van der Waals surface area contributed by atoms with Gasteiger partial charge in [0.05, 0.1) is 19.0 Å². The summed E-state index contributed by atoms with van der Waals surface area (Å²) in [4.78, 5) is 25.5. The number of thioether (sulfide) groups is 1. The second kappa shape index (κ2) is 10.8. The van der Waals surface area contributed by atoms with E-state index in [-0.39, 0.29) is 5.91 Å². The first-order valence-corrected chi connectivity index (χ1v) is 10.0. The third kappa shape index (κ3) is 6.35. The molecule has 2 aromatic rings. The van der Waals surface area contributed by atoms with Gasteiger partial charge >= 0.3 is 0 Å². The number of carbonyl (C=O) groups excluding carboxylic acids is 2. The van der Waals surface area contributed by atoms with Crippen molar-refractivity contribution in [1.29, 1.82) is 0 Å². The Bertz CT molecular complexity index is 814. The second-order valence-corrected chi connectivity index (χ2v) is 7.72. The average Bonchev–Trinajstić information content (AvgIpc) is 2.71. The normalized spacial score (nSPS) is 11.4. The molecule has 2 N–H and O–H groups in total. The Labute approximate surface area is 173 Å². The van der Waals surface area contributed by atoms with Crippen molar-refractivity contribution in [2.45, 2.75) is 30.4 Å². The topological polar surface area (TPSA) is 76.7 Å². The number of hydrogen-bond acceptors (Lipinski definition) is 5. The summed E-state index contributed by atoms with van der Waals surface area (Å²) in [6.45, 7) is 4.31. The van der Waals surface area contributed by atoms with Crippen molar-refractivity contribution in [3.8, 4) is 11.5 Å². The summed E-state index contributed by atoms with van der Waals surface area (Å²) >= 11 is 7.22. The van der Waals surface area contributed by atoms with E-state index in [1.165, 1.54) is 18.9 Å². The van der Waals surface area contributed by atoms with E-state index in [1.54, 1.807) is 37.3 Å². The Morgan fingerprint density at radius 3 is 2.46 bits per heavy atom. The Morgan fingerprint density at radius 1 is 1.11 bits per heavy atom. The van der Waals surface area contributed by atoms with Crippen molar-refractivity contribution in [1.82, 2.24) is 10.9 Å². The fraction of sp³-hybridized carbons (Fsp3) is 0.300. The maximum absolute atomic E-state index is 12.3. The number of carbonyl (C=O) groups is 2. The number of ether oxygens (including phenoxy) is 2. The van der Waals surface area contributed by atoms with E-state index < -0.39 is 11.2 Å². The first-order valence-electron chi connectivity index (χ1n) is 8.77. The summed E-state index contributed by atoms with van der Waals surface area (Å²) in [5, 5.41) is 0.232. The molecule has 0 saturated carbocycles. The summed E-state index contributed by atoms with van der Waals surface area (Å²) in [5.41, 5.74) is 5.21. The van der Waals surface area contributed by atoms with Crippen LogP contribution in [-0.4, -0.2) is 30.8 Å². The van der Waals surface area contributed by atoms with Crippen LogP contribution in [0.25, 0.3) is 0 Å². The van der Waals surface area contributed by atoms with Crippen LogP contribution in [0, 0.1) is 0 Å². The molecule has 1 unspecified atom stereocenters. The Hall–Kier alpha value is -2.38. The van der Waals surface area contributed by atoms with Gasteiger partial charge in [-0.25, -0.2) is 0 Å². The molecule has 8 heteroatoms. The van der Waals surface area contributed by atoms with Gasteiger partial charge in [0.1, 0.15) is 0 Å². The van der Waals surface area contributed by atoms with Gasteiger partial charge in [-0.3, -0.25) is 20.4 Å². The maximum atomic E-state index is 12.3. The molecule has 0 heterocycles. The Morgan fingerprint density at radius 2 is 1.82 bits per heavy atom. The minimum Gasteiger partial charge on any atom is -0.493 e. The Kier molecular flexibility index (Phi) is 8.47. The number of amides is 2. The third-order valence-corrected chi connectivity index (χ3v) is 5.05. The lowest BCUT2D eigenvalue weighted by Gasteiger charge is -2.14. The van der Waals surface area contributed by atoms with Crippen LogP contribution in [-0.2, 0) is 4.79 Å². The van der Waals surface area contributed by atoms with Crippen LogP contribution in [0.3, 0.4) is 0 Å². The summed E-state index contributed by atoms with van der Waals surface area (Å²) < 4.78 is 10.8. The first-order chi connectivity index (χ1) is 13.4. The van der Waals surface area contributed by atoms with E-state index in [0.717, 1.165) is 11.3 Å². The average molecular weight is 423 g/mol. The highest BCUT2D eigenvalue weighted by Gasteiger charge is 2.16. The quantitative estimate of drug-likeness (QED) is 0.495. The molecule has 0 radical (unpaired) electrons. The van der Waals surface area contributed by atoms with Crippen molar-refractivity contribution in [2.24, 2.45) is 0 Å². The van der Waals surface area contributed by atoms with Gasteiger partial charge in [0, 0.05) is 15.5 Å². The molecular formula is C20H23ClN2O4S. The molecule has 150 valence electrons. The molecule has 0 saturated heterocycles. The van der Waals surface area contributed by atoms with Gasteiger partial charge in [0.2, 0.25) is 0 Å². The van der Waals surface area contributed by atoms with Gasteiger partial charge < -0.3 is 9.47 Å². The van der Waals surface area contributed by atoms with Crippen LogP contribution in [0.4, 0.5) is 0 Å². The predicted octanol–water partition coefficient (Wildman–Crippen LogP) is 4.08. The first kappa shape index (κ1) is 21.9. The van der Waals surface area contributed by atoms with Crippen LogP contribution in [0.2, 0.25) is 5.02 Å². The maximum Gasteiger partial charge on any atom is 0.269 e. The van der Waals surface area contributed by atoms with E-state index in [2.05, 4.69) is 10.9 Å². The largest absolute Gasteiger partial charge is 0.493 e. The zero-order chi connectivity index (χ0) is 20.5. The van der Waals surface area contributed by atoms with Crippen molar-refractivity contribution in [2.75, 3.05) is 13.7 Å². The number of rotatable bonds is 8. The molecule has 0 spiro atoms. The smallest absolute Gasteiger partial charge is 0.269 e. The zero-order valence-electron chi connectivity index (χ0n) is 16.0. The van der Waals surface area contributed by atoms with Crippen molar-refractivity contribution in [3.05, 3.63) is 53.1 Å². The van der Waals surface area contributed by atoms with E-state index in [0.29, 0.717) is 28.7 Å². The van der Waals surface area contributed by atoms with Gasteiger partial charge in [-0.2, -0.15) is 0 Å². The predicted molar refractivity (Wildman–Crippen MR) is 111 cm³/mol. The molecule has 2 aromatic carbocycles. The third-order valence-electron chi connectivity index (χ3n) is 3.68. The number of benzene rings is 2. The van der Waals surface area contributed by atoms with Gasteiger partial charge in [0.25, 0.3) is 11.8 Å². The number of halogens is 1. The monoisotopic (exact) mass is 422 g/mol. The molecule has 0 aliphatic rings. The Balaban J connectivity index is 1.91. The van der Waals surface area contributed by atoms with Crippen LogP contribution in [0.5, 0.6) is 11.5 Å². The molecule has 1 atom stereocenters. The molecule has 0 bridgehead atoms. The fourth-order valence-electron chi connectivity index (χ4n) is 2.20. The van der Waals surface area contributed by atoms with Crippen molar-refractivity contribution < 1.29 is 19.1 Å². The molecule has 2 amide bonds.